The number of nitrogens with two attached hydrogens (primary N) is 1. The van der Waals surface area contributed by atoms with Gasteiger partial charge in [0.1, 0.15) is 6.10 Å². The Balaban J connectivity index is 1.95. The summed E-state index contributed by atoms with van der Waals surface area (Å²) >= 11 is 0. The molecule has 0 amide bonds. The van der Waals surface area contributed by atoms with E-state index in [0.717, 1.165) is 32.3 Å². The molecule has 2 rings (SSSR count). The fraction of sp³-hybridized carbons (Fsp3) is 0.818. The van der Waals surface area contributed by atoms with Crippen LogP contribution in [0.2, 0.25) is 0 Å². The highest BCUT2D eigenvalue weighted by atomic mass is 16.5. The van der Waals surface area contributed by atoms with Crippen LogP contribution < -0.4 is 5.73 Å². The van der Waals surface area contributed by atoms with E-state index in [9.17, 15) is 0 Å². The van der Waals surface area contributed by atoms with Crippen LogP contribution in [0.15, 0.2) is 4.52 Å². The molecule has 0 bridgehead atoms. The fourth-order valence-corrected chi connectivity index (χ4v) is 1.80. The van der Waals surface area contributed by atoms with E-state index in [1.165, 1.54) is 0 Å². The number of hydrogen-bond acceptors (Lipinski definition) is 5. The minimum absolute atomic E-state index is 0.00662. The van der Waals surface area contributed by atoms with Crippen LogP contribution in [-0.4, -0.2) is 22.8 Å². The van der Waals surface area contributed by atoms with Gasteiger partial charge in [-0.1, -0.05) is 12.1 Å². The molecule has 5 nitrogen and oxygen atoms in total. The summed E-state index contributed by atoms with van der Waals surface area (Å²) in [5.74, 6) is 1.30. The van der Waals surface area contributed by atoms with Gasteiger partial charge < -0.3 is 15.0 Å². The van der Waals surface area contributed by atoms with E-state index in [1.807, 2.05) is 0 Å². The van der Waals surface area contributed by atoms with Crippen molar-refractivity contribution in [3.8, 4) is 0 Å². The minimum atomic E-state index is -0.00662. The van der Waals surface area contributed by atoms with Crippen LogP contribution in [0.3, 0.4) is 0 Å². The van der Waals surface area contributed by atoms with Gasteiger partial charge in [-0.15, -0.1) is 0 Å². The summed E-state index contributed by atoms with van der Waals surface area (Å²) in [5, 5.41) is 3.93. The molecule has 0 aromatic carbocycles. The third kappa shape index (κ3) is 2.80. The highest BCUT2D eigenvalue weighted by Crippen LogP contribution is 2.26. The van der Waals surface area contributed by atoms with Gasteiger partial charge in [0.2, 0.25) is 0 Å². The van der Waals surface area contributed by atoms with Crippen LogP contribution in [-0.2, 0) is 11.2 Å². The Morgan fingerprint density at radius 3 is 3.06 bits per heavy atom. The Bertz CT molecular complexity index is 321. The Morgan fingerprint density at radius 1 is 1.50 bits per heavy atom. The van der Waals surface area contributed by atoms with E-state index in [-0.39, 0.29) is 12.1 Å². The molecular formula is C11H19N3O2. The maximum atomic E-state index is 5.84. The van der Waals surface area contributed by atoms with E-state index < -0.39 is 0 Å². The molecule has 1 aliphatic heterocycles. The van der Waals surface area contributed by atoms with Crippen molar-refractivity contribution in [1.29, 1.82) is 0 Å². The molecule has 16 heavy (non-hydrogen) atoms. The number of aromatic nitrogens is 2. The van der Waals surface area contributed by atoms with Crippen molar-refractivity contribution < 1.29 is 9.26 Å². The second-order valence-corrected chi connectivity index (χ2v) is 4.28. The zero-order valence-corrected chi connectivity index (χ0v) is 9.69. The Labute approximate surface area is 95.3 Å². The average molecular weight is 225 g/mol. The summed E-state index contributed by atoms with van der Waals surface area (Å²) in [6.45, 7) is 2.84. The molecule has 2 heterocycles. The Morgan fingerprint density at radius 2 is 2.38 bits per heavy atom. The number of ether oxygens (including phenoxy) is 1. The first-order valence-corrected chi connectivity index (χ1v) is 5.99. The molecular weight excluding hydrogens is 206 g/mol. The molecule has 0 aliphatic carbocycles. The molecule has 5 heteroatoms. The monoisotopic (exact) mass is 225 g/mol. The second-order valence-electron chi connectivity index (χ2n) is 4.28. The standard InChI is InChI=1S/C11H19N3O2/c1-2-8(12)7-10-13-11(16-14-10)9-5-3-4-6-15-9/h8-9H,2-7,12H2,1H3. The van der Waals surface area contributed by atoms with Crippen molar-refractivity contribution in [2.75, 3.05) is 6.61 Å². The first kappa shape index (κ1) is 11.5. The van der Waals surface area contributed by atoms with E-state index in [2.05, 4.69) is 17.1 Å². The van der Waals surface area contributed by atoms with Gasteiger partial charge in [-0.3, -0.25) is 0 Å². The summed E-state index contributed by atoms with van der Waals surface area (Å²) in [6, 6.07) is 0.109. The molecule has 2 atom stereocenters. The lowest BCUT2D eigenvalue weighted by Gasteiger charge is -2.18. The van der Waals surface area contributed by atoms with Gasteiger partial charge in [-0.2, -0.15) is 4.98 Å². The summed E-state index contributed by atoms with van der Waals surface area (Å²) < 4.78 is 10.8. The first-order valence-electron chi connectivity index (χ1n) is 5.99. The summed E-state index contributed by atoms with van der Waals surface area (Å²) in [6.07, 6.45) is 4.85. The lowest BCUT2D eigenvalue weighted by atomic mass is 10.1. The Kier molecular flexibility index (Phi) is 3.90. The maximum Gasteiger partial charge on any atom is 0.255 e. The number of hydrogen-bond donors (Lipinski definition) is 1. The zero-order chi connectivity index (χ0) is 11.4. The molecule has 0 spiro atoms. The zero-order valence-electron chi connectivity index (χ0n) is 9.69. The van der Waals surface area contributed by atoms with E-state index >= 15 is 0 Å². The van der Waals surface area contributed by atoms with E-state index in [0.29, 0.717) is 18.1 Å². The van der Waals surface area contributed by atoms with Crippen LogP contribution in [0.5, 0.6) is 0 Å². The smallest absolute Gasteiger partial charge is 0.255 e. The topological polar surface area (TPSA) is 74.2 Å². The summed E-state index contributed by atoms with van der Waals surface area (Å²) in [4.78, 5) is 4.34. The Hall–Kier alpha value is -0.940. The molecule has 1 saturated heterocycles. The van der Waals surface area contributed by atoms with Gasteiger partial charge in [-0.05, 0) is 25.7 Å². The molecule has 1 fully saturated rings. The fourth-order valence-electron chi connectivity index (χ4n) is 1.80. The third-order valence-corrected chi connectivity index (χ3v) is 2.91. The average Bonchev–Trinajstić information content (AvgIpc) is 2.78. The largest absolute Gasteiger partial charge is 0.368 e. The second kappa shape index (κ2) is 5.41. The SMILES string of the molecule is CCC(N)Cc1noc(C2CCCCO2)n1. The van der Waals surface area contributed by atoms with Gasteiger partial charge in [-0.25, -0.2) is 0 Å². The minimum Gasteiger partial charge on any atom is -0.368 e. The maximum absolute atomic E-state index is 5.84. The van der Waals surface area contributed by atoms with Gasteiger partial charge in [0.05, 0.1) is 0 Å². The first-order chi connectivity index (χ1) is 7.79. The van der Waals surface area contributed by atoms with Crippen molar-refractivity contribution >= 4 is 0 Å². The van der Waals surface area contributed by atoms with Crippen molar-refractivity contribution in [2.45, 2.75) is 51.2 Å². The number of nitrogens with zero attached hydrogens (tertiary/aromatic N) is 2. The van der Waals surface area contributed by atoms with Crippen LogP contribution in [0.25, 0.3) is 0 Å². The molecule has 0 radical (unpaired) electrons. The van der Waals surface area contributed by atoms with Crippen LogP contribution in [0.4, 0.5) is 0 Å². The van der Waals surface area contributed by atoms with Crippen molar-refractivity contribution in [3.05, 3.63) is 11.7 Å². The third-order valence-electron chi connectivity index (χ3n) is 2.91. The highest BCUT2D eigenvalue weighted by Gasteiger charge is 2.22. The molecule has 2 N–H and O–H groups in total. The van der Waals surface area contributed by atoms with Crippen molar-refractivity contribution in [2.24, 2.45) is 5.73 Å². The van der Waals surface area contributed by atoms with Crippen LogP contribution in [0, 0.1) is 0 Å². The van der Waals surface area contributed by atoms with Crippen LogP contribution in [0.1, 0.15) is 50.4 Å². The lowest BCUT2D eigenvalue weighted by molar-refractivity contribution is -0.00459. The van der Waals surface area contributed by atoms with E-state index in [1.54, 1.807) is 0 Å². The highest BCUT2D eigenvalue weighted by molar-refractivity contribution is 4.93. The van der Waals surface area contributed by atoms with Crippen molar-refractivity contribution in [3.63, 3.8) is 0 Å². The lowest BCUT2D eigenvalue weighted by Crippen LogP contribution is -2.22. The van der Waals surface area contributed by atoms with Crippen LogP contribution >= 0.6 is 0 Å². The normalized spacial score (nSPS) is 23.2. The number of rotatable bonds is 4. The predicted molar refractivity (Wildman–Crippen MR) is 58.8 cm³/mol. The van der Waals surface area contributed by atoms with Gasteiger partial charge in [0, 0.05) is 19.1 Å². The molecule has 0 saturated carbocycles. The molecule has 1 aromatic rings. The molecule has 1 aromatic heterocycles. The molecule has 1 aliphatic rings. The molecule has 2 unspecified atom stereocenters. The van der Waals surface area contributed by atoms with E-state index in [4.69, 9.17) is 15.0 Å². The quantitative estimate of drug-likeness (QED) is 0.842. The molecule has 90 valence electrons. The van der Waals surface area contributed by atoms with Gasteiger partial charge >= 0.3 is 0 Å². The van der Waals surface area contributed by atoms with Gasteiger partial charge in [0.15, 0.2) is 5.82 Å². The summed E-state index contributed by atoms with van der Waals surface area (Å²) in [5.41, 5.74) is 5.84. The van der Waals surface area contributed by atoms with Gasteiger partial charge in [0.25, 0.3) is 5.89 Å². The summed E-state index contributed by atoms with van der Waals surface area (Å²) in [7, 11) is 0. The predicted octanol–water partition coefficient (Wildman–Crippen LogP) is 1.59. The van der Waals surface area contributed by atoms with Crippen molar-refractivity contribution in [1.82, 2.24) is 10.1 Å².